The number of hydrogen-bond donors (Lipinski definition) is 0. The lowest BCUT2D eigenvalue weighted by molar-refractivity contribution is -0.200. The van der Waals surface area contributed by atoms with E-state index in [4.69, 9.17) is 4.74 Å². The van der Waals surface area contributed by atoms with Gasteiger partial charge in [-0.1, -0.05) is 0 Å². The Labute approximate surface area is 200 Å². The molecule has 1 saturated carbocycles. The Balaban J connectivity index is 1.18. The summed E-state index contributed by atoms with van der Waals surface area (Å²) in [7, 11) is 0. The molecular formula is C22H28F4N6O3. The molecule has 1 atom stereocenters. The topological polar surface area (TPSA) is 85.6 Å². The monoisotopic (exact) mass is 500 g/mol. The van der Waals surface area contributed by atoms with Gasteiger partial charge in [-0.15, -0.1) is 5.10 Å². The van der Waals surface area contributed by atoms with E-state index in [-0.39, 0.29) is 5.75 Å². The molecule has 1 saturated heterocycles. The molecular weight excluding hydrogens is 472 g/mol. The quantitative estimate of drug-likeness (QED) is 0.562. The van der Waals surface area contributed by atoms with E-state index >= 15 is 0 Å². The first-order valence-electron chi connectivity index (χ1n) is 11.6. The molecule has 0 radical (unpaired) electrons. The van der Waals surface area contributed by atoms with E-state index in [1.165, 1.54) is 22.0 Å². The predicted octanol–water partition coefficient (Wildman–Crippen LogP) is 3.44. The highest BCUT2D eigenvalue weighted by molar-refractivity contribution is 5.68. The fourth-order valence-electron chi connectivity index (χ4n) is 4.48. The van der Waals surface area contributed by atoms with E-state index in [0.717, 1.165) is 32.6 Å². The first kappa shape index (κ1) is 25.1. The highest BCUT2D eigenvalue weighted by Crippen LogP contribution is 2.30. The molecule has 1 aliphatic heterocycles. The molecule has 9 nitrogen and oxygen atoms in total. The van der Waals surface area contributed by atoms with E-state index in [1.54, 1.807) is 12.1 Å². The normalized spacial score (nSPS) is 22.6. The molecule has 0 unspecified atom stereocenters. The number of halogens is 4. The molecule has 35 heavy (non-hydrogen) atoms. The summed E-state index contributed by atoms with van der Waals surface area (Å²) >= 11 is 0. The van der Waals surface area contributed by atoms with Gasteiger partial charge in [0.1, 0.15) is 6.33 Å². The zero-order valence-electron chi connectivity index (χ0n) is 19.3. The second-order valence-corrected chi connectivity index (χ2v) is 8.95. The molecule has 13 heteroatoms. The first-order chi connectivity index (χ1) is 16.7. The Morgan fingerprint density at radius 1 is 1.14 bits per heavy atom. The molecule has 1 aliphatic carbocycles. The number of amides is 1. The van der Waals surface area contributed by atoms with Crippen LogP contribution < -0.4 is 4.74 Å². The predicted molar refractivity (Wildman–Crippen MR) is 115 cm³/mol. The van der Waals surface area contributed by atoms with Crippen molar-refractivity contribution < 1.29 is 31.8 Å². The number of hydrogen-bond acceptors (Lipinski definition) is 7. The molecule has 4 rings (SSSR count). The Bertz CT molecular complexity index is 974. The minimum absolute atomic E-state index is 0.187. The summed E-state index contributed by atoms with van der Waals surface area (Å²) in [5.74, 6) is 0.0180. The van der Waals surface area contributed by atoms with Crippen LogP contribution in [0.15, 0.2) is 24.5 Å². The number of nitrogens with zero attached hydrogens (tertiary/aromatic N) is 6. The Morgan fingerprint density at radius 3 is 2.46 bits per heavy atom. The third-order valence-electron chi connectivity index (χ3n) is 6.65. The van der Waals surface area contributed by atoms with Gasteiger partial charge in [0.15, 0.2) is 17.7 Å². The molecule has 0 bridgehead atoms. The van der Waals surface area contributed by atoms with Gasteiger partial charge in [-0.05, 0) is 61.1 Å². The maximum atomic E-state index is 14.4. The molecule has 1 aromatic heterocycles. The van der Waals surface area contributed by atoms with Crippen molar-refractivity contribution in [2.45, 2.75) is 50.9 Å². The van der Waals surface area contributed by atoms with Crippen molar-refractivity contribution >= 4 is 6.09 Å². The number of carbonyl (C=O) groups is 1. The van der Waals surface area contributed by atoms with Gasteiger partial charge in [0.05, 0.1) is 12.3 Å². The van der Waals surface area contributed by atoms with Crippen LogP contribution in [0.25, 0.3) is 5.69 Å². The number of carbonyl (C=O) groups excluding carboxylic acids is 1. The highest BCUT2D eigenvalue weighted by atomic mass is 19.4. The summed E-state index contributed by atoms with van der Waals surface area (Å²) in [5.41, 5.74) is 0.503. The Morgan fingerprint density at radius 2 is 1.86 bits per heavy atom. The van der Waals surface area contributed by atoms with Gasteiger partial charge < -0.3 is 14.4 Å². The number of piperazine rings is 1. The van der Waals surface area contributed by atoms with Gasteiger partial charge in [0.25, 0.3) is 0 Å². The lowest BCUT2D eigenvalue weighted by Crippen LogP contribution is -2.53. The van der Waals surface area contributed by atoms with Gasteiger partial charge in [-0.2, -0.15) is 13.2 Å². The van der Waals surface area contributed by atoms with Crippen LogP contribution in [-0.2, 0) is 4.74 Å². The van der Waals surface area contributed by atoms with E-state index in [0.29, 0.717) is 50.4 Å². The lowest BCUT2D eigenvalue weighted by atomic mass is 9.85. The molecule has 2 fully saturated rings. The lowest BCUT2D eigenvalue weighted by Gasteiger charge is -2.41. The molecule has 2 heterocycles. The third kappa shape index (κ3) is 6.38. The molecule has 192 valence electrons. The van der Waals surface area contributed by atoms with Gasteiger partial charge in [-0.25, -0.2) is 13.9 Å². The van der Waals surface area contributed by atoms with E-state index in [9.17, 15) is 22.4 Å². The minimum Gasteiger partial charge on any atom is -0.490 e. The first-order valence-corrected chi connectivity index (χ1v) is 11.6. The van der Waals surface area contributed by atoms with E-state index in [2.05, 4.69) is 25.2 Å². The van der Waals surface area contributed by atoms with Gasteiger partial charge in [0.2, 0.25) is 0 Å². The molecule has 2 aromatic rings. The number of alkyl halides is 3. The standard InChI is InChI=1S/C22H28F4N6O3/c1-15(22(24,25)26)35-21(33)31-10-8-30(9-11-31)17-4-2-16(3-5-17)13-34-20-7-6-18(12-19(20)23)32-14-27-28-29-32/h6-7,12,14-17H,2-5,8-11,13H2,1H3/t15-,16?,17?/m1/s1. The van der Waals surface area contributed by atoms with Crippen LogP contribution in [0.3, 0.4) is 0 Å². The van der Waals surface area contributed by atoms with Crippen LogP contribution in [0, 0.1) is 11.7 Å². The van der Waals surface area contributed by atoms with Gasteiger partial charge in [0, 0.05) is 38.3 Å². The summed E-state index contributed by atoms with van der Waals surface area (Å²) in [5, 5.41) is 10.8. The summed E-state index contributed by atoms with van der Waals surface area (Å²) in [6.07, 6.45) is -2.47. The fourth-order valence-corrected chi connectivity index (χ4v) is 4.48. The van der Waals surface area contributed by atoms with Crippen LogP contribution >= 0.6 is 0 Å². The van der Waals surface area contributed by atoms with Crippen LogP contribution in [0.2, 0.25) is 0 Å². The van der Waals surface area contributed by atoms with Crippen molar-refractivity contribution in [3.05, 3.63) is 30.3 Å². The number of benzene rings is 1. The number of aromatic nitrogens is 4. The summed E-state index contributed by atoms with van der Waals surface area (Å²) in [6, 6.07) is 4.93. The van der Waals surface area contributed by atoms with E-state index < -0.39 is 24.2 Å². The Hall–Kier alpha value is -2.96. The molecule has 1 aromatic carbocycles. The second-order valence-electron chi connectivity index (χ2n) is 8.95. The number of ether oxygens (including phenoxy) is 2. The fraction of sp³-hybridized carbons (Fsp3) is 0.636. The third-order valence-corrected chi connectivity index (χ3v) is 6.65. The van der Waals surface area contributed by atoms with Gasteiger partial charge in [-0.3, -0.25) is 4.90 Å². The Kier molecular flexibility index (Phi) is 7.72. The smallest absolute Gasteiger partial charge is 0.425 e. The molecule has 2 aliphatic rings. The van der Waals surface area contributed by atoms with E-state index in [1.807, 2.05) is 0 Å². The van der Waals surface area contributed by atoms with Crippen molar-refractivity contribution in [3.63, 3.8) is 0 Å². The molecule has 0 spiro atoms. The van der Waals surface area contributed by atoms with Gasteiger partial charge >= 0.3 is 12.3 Å². The van der Waals surface area contributed by atoms with Crippen molar-refractivity contribution in [2.24, 2.45) is 5.92 Å². The van der Waals surface area contributed by atoms with Crippen molar-refractivity contribution in [1.29, 1.82) is 0 Å². The molecule has 0 N–H and O–H groups in total. The summed E-state index contributed by atoms with van der Waals surface area (Å²) in [4.78, 5) is 15.6. The van der Waals surface area contributed by atoms with Crippen molar-refractivity contribution in [3.8, 4) is 11.4 Å². The number of rotatable bonds is 6. The maximum Gasteiger partial charge on any atom is 0.425 e. The summed E-state index contributed by atoms with van der Waals surface area (Å²) < 4.78 is 63.9. The average Bonchev–Trinajstić information content (AvgIpc) is 3.38. The zero-order chi connectivity index (χ0) is 25.0. The average molecular weight is 500 g/mol. The highest BCUT2D eigenvalue weighted by Gasteiger charge is 2.40. The van der Waals surface area contributed by atoms with Crippen LogP contribution in [0.5, 0.6) is 5.75 Å². The largest absolute Gasteiger partial charge is 0.490 e. The maximum absolute atomic E-state index is 14.4. The second kappa shape index (κ2) is 10.8. The van der Waals surface area contributed by atoms with Crippen molar-refractivity contribution in [1.82, 2.24) is 30.0 Å². The summed E-state index contributed by atoms with van der Waals surface area (Å²) in [6.45, 7) is 3.13. The molecule has 1 amide bonds. The van der Waals surface area contributed by atoms with Crippen LogP contribution in [0.4, 0.5) is 22.4 Å². The van der Waals surface area contributed by atoms with Crippen molar-refractivity contribution in [2.75, 3.05) is 32.8 Å². The zero-order valence-corrected chi connectivity index (χ0v) is 19.3. The SMILES string of the molecule is C[C@@H](OC(=O)N1CCN(C2CCC(COc3ccc(-n4cnnn4)cc3F)CC2)CC1)C(F)(F)F. The van der Waals surface area contributed by atoms with Crippen LogP contribution in [-0.4, -0.2) is 87.2 Å². The minimum atomic E-state index is -4.56. The number of tetrazole rings is 1. The van der Waals surface area contributed by atoms with Crippen LogP contribution in [0.1, 0.15) is 32.6 Å².